The van der Waals surface area contributed by atoms with E-state index in [9.17, 15) is 0 Å². The second kappa shape index (κ2) is 5.02. The first-order valence-electron chi connectivity index (χ1n) is 6.61. The van der Waals surface area contributed by atoms with Crippen LogP contribution in [0.4, 0.5) is 0 Å². The molecule has 2 aromatic heterocycles. The average molecular weight is 308 g/mol. The molecular formula is C14H18BrN3. The number of halogens is 1. The van der Waals surface area contributed by atoms with Crippen molar-refractivity contribution < 1.29 is 0 Å². The van der Waals surface area contributed by atoms with Gasteiger partial charge in [-0.25, -0.2) is 4.98 Å². The number of pyridine rings is 1. The first-order chi connectivity index (χ1) is 8.78. The van der Waals surface area contributed by atoms with Gasteiger partial charge in [0.05, 0.1) is 16.3 Å². The number of rotatable bonds is 3. The van der Waals surface area contributed by atoms with Crippen molar-refractivity contribution in [1.82, 2.24) is 14.3 Å². The summed E-state index contributed by atoms with van der Waals surface area (Å²) in [6, 6.07) is 6.23. The fourth-order valence-electron chi connectivity index (χ4n) is 2.84. The number of imidazole rings is 1. The molecule has 0 radical (unpaired) electrons. The summed E-state index contributed by atoms with van der Waals surface area (Å²) in [5, 5.41) is 0. The molecule has 0 saturated carbocycles. The molecule has 0 aromatic carbocycles. The van der Waals surface area contributed by atoms with Crippen LogP contribution in [0.25, 0.3) is 5.52 Å². The molecule has 3 nitrogen and oxygen atoms in total. The van der Waals surface area contributed by atoms with Gasteiger partial charge >= 0.3 is 0 Å². The topological polar surface area (TPSA) is 20.5 Å². The van der Waals surface area contributed by atoms with Gasteiger partial charge in [0.2, 0.25) is 0 Å². The number of hydrogen-bond acceptors (Lipinski definition) is 2. The maximum Gasteiger partial charge on any atom is 0.114 e. The van der Waals surface area contributed by atoms with Gasteiger partial charge in [-0.15, -0.1) is 0 Å². The highest BCUT2D eigenvalue weighted by molar-refractivity contribution is 9.10. The minimum absolute atomic E-state index is 0.752. The van der Waals surface area contributed by atoms with Crippen LogP contribution in [0, 0.1) is 5.92 Å². The molecule has 0 aliphatic carbocycles. The summed E-state index contributed by atoms with van der Waals surface area (Å²) in [4.78, 5) is 7.11. The molecular weight excluding hydrogens is 290 g/mol. The van der Waals surface area contributed by atoms with E-state index in [4.69, 9.17) is 0 Å². The lowest BCUT2D eigenvalue weighted by Crippen LogP contribution is -2.20. The van der Waals surface area contributed by atoms with Crippen LogP contribution in [-0.4, -0.2) is 33.9 Å². The Hall–Kier alpha value is -0.870. The van der Waals surface area contributed by atoms with Crippen molar-refractivity contribution in [1.29, 1.82) is 0 Å². The summed E-state index contributed by atoms with van der Waals surface area (Å²) < 4.78 is 3.31. The first-order valence-corrected chi connectivity index (χ1v) is 7.40. The number of hydrogen-bond donors (Lipinski definition) is 0. The third-order valence-electron chi connectivity index (χ3n) is 3.86. The predicted octanol–water partition coefficient (Wildman–Crippen LogP) is 2.98. The van der Waals surface area contributed by atoms with Crippen LogP contribution in [0.5, 0.6) is 0 Å². The zero-order valence-electron chi connectivity index (χ0n) is 10.6. The maximum absolute atomic E-state index is 4.58. The molecule has 3 rings (SSSR count). The Morgan fingerprint density at radius 1 is 1.44 bits per heavy atom. The van der Waals surface area contributed by atoms with E-state index in [1.807, 2.05) is 6.20 Å². The minimum Gasteiger partial charge on any atom is -0.303 e. The lowest BCUT2D eigenvalue weighted by Gasteiger charge is -2.12. The molecule has 0 bridgehead atoms. The molecule has 2 aromatic rings. The Kier molecular flexibility index (Phi) is 3.39. The summed E-state index contributed by atoms with van der Waals surface area (Å²) in [6.45, 7) is 5.87. The minimum atomic E-state index is 0.752. The van der Waals surface area contributed by atoms with Crippen molar-refractivity contribution in [3.63, 3.8) is 0 Å². The highest BCUT2D eigenvalue weighted by Gasteiger charge is 2.23. The van der Waals surface area contributed by atoms with Crippen molar-refractivity contribution >= 4 is 21.4 Å². The summed E-state index contributed by atoms with van der Waals surface area (Å²) in [5.41, 5.74) is 1.17. The molecule has 1 aliphatic rings. The standard InChI is InChI=1S/C14H18BrN3/c1-2-17-7-6-11(10-17)8-14-16-9-12-4-3-5-13(15)18(12)14/h3-5,9,11H,2,6-8,10H2,1H3. The third kappa shape index (κ3) is 2.19. The number of likely N-dealkylation sites (tertiary alicyclic amines) is 1. The van der Waals surface area contributed by atoms with Gasteiger partial charge in [-0.1, -0.05) is 13.0 Å². The van der Waals surface area contributed by atoms with E-state index in [1.54, 1.807) is 0 Å². The van der Waals surface area contributed by atoms with E-state index in [2.05, 4.69) is 55.3 Å². The Labute approximate surface area is 116 Å². The Balaban J connectivity index is 1.83. The predicted molar refractivity (Wildman–Crippen MR) is 76.8 cm³/mol. The van der Waals surface area contributed by atoms with E-state index in [0.717, 1.165) is 16.9 Å². The van der Waals surface area contributed by atoms with Gasteiger partial charge in [0, 0.05) is 13.0 Å². The highest BCUT2D eigenvalue weighted by Crippen LogP contribution is 2.22. The lowest BCUT2D eigenvalue weighted by atomic mass is 10.0. The monoisotopic (exact) mass is 307 g/mol. The van der Waals surface area contributed by atoms with Crippen molar-refractivity contribution in [3.05, 3.63) is 34.8 Å². The normalized spacial score (nSPS) is 20.9. The van der Waals surface area contributed by atoms with Crippen LogP contribution in [0.3, 0.4) is 0 Å². The van der Waals surface area contributed by atoms with Crippen molar-refractivity contribution in [3.8, 4) is 0 Å². The second-order valence-electron chi connectivity index (χ2n) is 5.04. The molecule has 96 valence electrons. The lowest BCUT2D eigenvalue weighted by molar-refractivity contribution is 0.341. The first kappa shape index (κ1) is 12.2. The quantitative estimate of drug-likeness (QED) is 0.813. The Bertz CT molecular complexity index is 549. The molecule has 0 spiro atoms. The fourth-order valence-corrected chi connectivity index (χ4v) is 3.40. The molecule has 0 N–H and O–H groups in total. The van der Waals surface area contributed by atoms with Gasteiger partial charge in [-0.2, -0.15) is 0 Å². The molecule has 18 heavy (non-hydrogen) atoms. The molecule has 1 fully saturated rings. The van der Waals surface area contributed by atoms with E-state index in [-0.39, 0.29) is 0 Å². The number of nitrogens with zero attached hydrogens (tertiary/aromatic N) is 3. The van der Waals surface area contributed by atoms with Crippen LogP contribution >= 0.6 is 15.9 Å². The van der Waals surface area contributed by atoms with Crippen LogP contribution in [0.15, 0.2) is 29.0 Å². The summed E-state index contributed by atoms with van der Waals surface area (Å²) in [7, 11) is 0. The largest absolute Gasteiger partial charge is 0.303 e. The van der Waals surface area contributed by atoms with Gasteiger partial charge in [0.25, 0.3) is 0 Å². The molecule has 1 unspecified atom stereocenters. The number of aromatic nitrogens is 2. The molecule has 3 heterocycles. The fraction of sp³-hybridized carbons (Fsp3) is 0.500. The SMILES string of the molecule is CCN1CCC(Cc2ncc3cccc(Br)n23)C1. The highest BCUT2D eigenvalue weighted by atomic mass is 79.9. The summed E-state index contributed by atoms with van der Waals surface area (Å²) in [5.74, 6) is 1.93. The summed E-state index contributed by atoms with van der Waals surface area (Å²) >= 11 is 3.61. The van der Waals surface area contributed by atoms with Gasteiger partial charge in [-0.05, 0) is 53.5 Å². The molecule has 1 aliphatic heterocycles. The van der Waals surface area contributed by atoms with Crippen molar-refractivity contribution in [2.24, 2.45) is 5.92 Å². The zero-order valence-corrected chi connectivity index (χ0v) is 12.2. The summed E-state index contributed by atoms with van der Waals surface area (Å²) in [6.07, 6.45) is 4.34. The molecule has 0 amide bonds. The average Bonchev–Trinajstić information content (AvgIpc) is 2.98. The zero-order chi connectivity index (χ0) is 12.5. The van der Waals surface area contributed by atoms with Gasteiger partial charge in [0.1, 0.15) is 5.82 Å². The van der Waals surface area contributed by atoms with E-state index in [1.165, 1.54) is 37.4 Å². The van der Waals surface area contributed by atoms with Crippen molar-refractivity contribution in [2.45, 2.75) is 19.8 Å². The van der Waals surface area contributed by atoms with Crippen LogP contribution in [-0.2, 0) is 6.42 Å². The molecule has 1 saturated heterocycles. The van der Waals surface area contributed by atoms with E-state index >= 15 is 0 Å². The van der Waals surface area contributed by atoms with Crippen molar-refractivity contribution in [2.75, 3.05) is 19.6 Å². The Morgan fingerprint density at radius 2 is 2.33 bits per heavy atom. The van der Waals surface area contributed by atoms with Gasteiger partial charge < -0.3 is 4.90 Å². The maximum atomic E-state index is 4.58. The smallest absolute Gasteiger partial charge is 0.114 e. The van der Waals surface area contributed by atoms with Gasteiger partial charge in [0.15, 0.2) is 0 Å². The molecule has 1 atom stereocenters. The van der Waals surface area contributed by atoms with Crippen LogP contribution in [0.1, 0.15) is 19.2 Å². The van der Waals surface area contributed by atoms with E-state index in [0.29, 0.717) is 0 Å². The Morgan fingerprint density at radius 3 is 3.11 bits per heavy atom. The number of fused-ring (bicyclic) bond motifs is 1. The second-order valence-corrected chi connectivity index (χ2v) is 5.85. The van der Waals surface area contributed by atoms with Crippen LogP contribution in [0.2, 0.25) is 0 Å². The van der Waals surface area contributed by atoms with Gasteiger partial charge in [-0.3, -0.25) is 4.40 Å². The third-order valence-corrected chi connectivity index (χ3v) is 4.48. The van der Waals surface area contributed by atoms with Crippen LogP contribution < -0.4 is 0 Å². The van der Waals surface area contributed by atoms with E-state index < -0.39 is 0 Å². The molecule has 4 heteroatoms.